The summed E-state index contributed by atoms with van der Waals surface area (Å²) in [5, 5.41) is 2.07. The fraction of sp³-hybridized carbons (Fsp3) is 0.500. The third-order valence-electron chi connectivity index (χ3n) is 5.12. The van der Waals surface area contributed by atoms with Gasteiger partial charge in [-0.2, -0.15) is 0 Å². The van der Waals surface area contributed by atoms with Crippen LogP contribution in [0.25, 0.3) is 0 Å². The van der Waals surface area contributed by atoms with Crippen molar-refractivity contribution < 1.29 is 13.2 Å². The molecule has 26 heavy (non-hydrogen) atoms. The van der Waals surface area contributed by atoms with Crippen LogP contribution in [0, 0.1) is 6.92 Å². The lowest BCUT2D eigenvalue weighted by Crippen LogP contribution is -2.38. The normalized spacial score (nSPS) is 16.7. The van der Waals surface area contributed by atoms with E-state index in [1.54, 1.807) is 29.5 Å². The van der Waals surface area contributed by atoms with Gasteiger partial charge in [-0.1, -0.05) is 25.8 Å². The number of benzene rings is 1. The largest absolute Gasteiger partial charge is 0.493 e. The Labute approximate surface area is 160 Å². The molecule has 0 amide bonds. The van der Waals surface area contributed by atoms with E-state index in [0.29, 0.717) is 18.0 Å². The molecule has 6 heteroatoms. The molecule has 0 unspecified atom stereocenters. The zero-order chi connectivity index (χ0) is 18.6. The topological polar surface area (TPSA) is 55.4 Å². The number of aryl methyl sites for hydroxylation is 1. The maximum atomic E-state index is 12.8. The second-order valence-corrected chi connectivity index (χ2v) is 9.78. The summed E-state index contributed by atoms with van der Waals surface area (Å²) in [6.45, 7) is 5.02. The molecule has 1 saturated carbocycles. The van der Waals surface area contributed by atoms with Crippen molar-refractivity contribution in [3.63, 3.8) is 0 Å². The maximum Gasteiger partial charge on any atom is 0.240 e. The third-order valence-corrected chi connectivity index (χ3v) is 7.64. The van der Waals surface area contributed by atoms with Crippen LogP contribution in [0.2, 0.25) is 0 Å². The van der Waals surface area contributed by atoms with E-state index in [0.717, 1.165) is 43.4 Å². The third kappa shape index (κ3) is 4.13. The van der Waals surface area contributed by atoms with Crippen LogP contribution >= 0.6 is 11.3 Å². The quantitative estimate of drug-likeness (QED) is 0.711. The number of nitrogens with one attached hydrogen (secondary N) is 1. The van der Waals surface area contributed by atoms with Gasteiger partial charge < -0.3 is 4.74 Å². The zero-order valence-electron chi connectivity index (χ0n) is 15.5. The predicted molar refractivity (Wildman–Crippen MR) is 107 cm³/mol. The van der Waals surface area contributed by atoms with Crippen molar-refractivity contribution in [2.24, 2.45) is 0 Å². The smallest absolute Gasteiger partial charge is 0.240 e. The van der Waals surface area contributed by atoms with Crippen LogP contribution < -0.4 is 9.46 Å². The van der Waals surface area contributed by atoms with Gasteiger partial charge in [0.25, 0.3) is 0 Å². The SMILES string of the molecule is CCCOc1ccc(S(=O)(=O)NCC2(c3cccs3)CCCC2)cc1C. The van der Waals surface area contributed by atoms with Crippen LogP contribution in [0.3, 0.4) is 0 Å². The highest BCUT2D eigenvalue weighted by atomic mass is 32.2. The summed E-state index contributed by atoms with van der Waals surface area (Å²) in [4.78, 5) is 1.59. The number of hydrogen-bond acceptors (Lipinski definition) is 4. The molecular weight excluding hydrogens is 366 g/mol. The summed E-state index contributed by atoms with van der Waals surface area (Å²) in [7, 11) is -3.54. The molecular formula is C20H27NO3S2. The molecule has 3 rings (SSSR count). The van der Waals surface area contributed by atoms with Gasteiger partial charge in [0.05, 0.1) is 11.5 Å². The van der Waals surface area contributed by atoms with Crippen molar-refractivity contribution in [1.82, 2.24) is 4.72 Å². The maximum absolute atomic E-state index is 12.8. The van der Waals surface area contributed by atoms with Crippen molar-refractivity contribution in [2.75, 3.05) is 13.2 Å². The average molecular weight is 394 g/mol. The molecule has 0 spiro atoms. The van der Waals surface area contributed by atoms with Gasteiger partial charge in [0.1, 0.15) is 5.75 Å². The van der Waals surface area contributed by atoms with Gasteiger partial charge in [0.2, 0.25) is 10.0 Å². The van der Waals surface area contributed by atoms with Crippen LogP contribution in [0.5, 0.6) is 5.75 Å². The first-order valence-electron chi connectivity index (χ1n) is 9.24. The summed E-state index contributed by atoms with van der Waals surface area (Å²) in [5.41, 5.74) is 0.788. The van der Waals surface area contributed by atoms with Gasteiger partial charge in [-0.15, -0.1) is 11.3 Å². The average Bonchev–Trinajstić information content (AvgIpc) is 3.31. The summed E-state index contributed by atoms with van der Waals surface area (Å²) < 4.78 is 34.2. The van der Waals surface area contributed by atoms with Crippen LogP contribution in [0.1, 0.15) is 49.5 Å². The molecule has 0 bridgehead atoms. The second kappa shape index (κ2) is 8.11. The number of hydrogen-bond donors (Lipinski definition) is 1. The fourth-order valence-corrected chi connectivity index (χ4v) is 5.82. The van der Waals surface area contributed by atoms with E-state index in [-0.39, 0.29) is 5.41 Å². The predicted octanol–water partition coefficient (Wildman–Crippen LogP) is 4.64. The van der Waals surface area contributed by atoms with Crippen molar-refractivity contribution in [2.45, 2.75) is 56.3 Å². The molecule has 0 radical (unpaired) electrons. The first-order chi connectivity index (χ1) is 12.5. The highest BCUT2D eigenvalue weighted by molar-refractivity contribution is 7.89. The van der Waals surface area contributed by atoms with Gasteiger partial charge in [0, 0.05) is 16.8 Å². The van der Waals surface area contributed by atoms with Gasteiger partial charge in [-0.3, -0.25) is 0 Å². The summed E-state index contributed by atoms with van der Waals surface area (Å²) in [6, 6.07) is 9.26. The van der Waals surface area contributed by atoms with Gasteiger partial charge >= 0.3 is 0 Å². The molecule has 0 saturated heterocycles. The molecule has 1 heterocycles. The number of thiophene rings is 1. The Kier molecular flexibility index (Phi) is 6.05. The Morgan fingerprint density at radius 3 is 2.62 bits per heavy atom. The minimum atomic E-state index is -3.54. The van der Waals surface area contributed by atoms with E-state index in [1.165, 1.54) is 4.88 Å². The summed E-state index contributed by atoms with van der Waals surface area (Å²) in [5.74, 6) is 0.747. The molecule has 2 aromatic rings. The highest BCUT2D eigenvalue weighted by Gasteiger charge is 2.37. The summed E-state index contributed by atoms with van der Waals surface area (Å²) >= 11 is 1.73. The van der Waals surface area contributed by atoms with E-state index >= 15 is 0 Å². The highest BCUT2D eigenvalue weighted by Crippen LogP contribution is 2.42. The van der Waals surface area contributed by atoms with Gasteiger partial charge in [0.15, 0.2) is 0 Å². The lowest BCUT2D eigenvalue weighted by molar-refractivity contribution is 0.315. The lowest BCUT2D eigenvalue weighted by atomic mass is 9.85. The zero-order valence-corrected chi connectivity index (χ0v) is 17.1. The first kappa shape index (κ1) is 19.4. The molecule has 0 atom stereocenters. The standard InChI is InChI=1S/C20H27NO3S2/c1-3-12-24-18-9-8-17(14-16(18)2)26(22,23)21-15-20(10-4-5-11-20)19-7-6-13-25-19/h6-9,13-14,21H,3-5,10-12,15H2,1-2H3. The molecule has 4 nitrogen and oxygen atoms in total. The van der Waals surface area contributed by atoms with Crippen LogP contribution in [0.4, 0.5) is 0 Å². The first-order valence-corrected chi connectivity index (χ1v) is 11.6. The Balaban J connectivity index is 1.75. The Hall–Kier alpha value is -1.37. The van der Waals surface area contributed by atoms with E-state index in [1.807, 2.05) is 19.9 Å². The van der Waals surface area contributed by atoms with E-state index < -0.39 is 10.0 Å². The van der Waals surface area contributed by atoms with E-state index in [9.17, 15) is 8.42 Å². The molecule has 1 aromatic carbocycles. The number of sulfonamides is 1. The summed E-state index contributed by atoms with van der Waals surface area (Å²) in [6.07, 6.45) is 5.31. The molecule has 0 aliphatic heterocycles. The molecule has 1 aliphatic carbocycles. The van der Waals surface area contributed by atoms with E-state index in [2.05, 4.69) is 16.2 Å². The Bertz CT molecular complexity index is 823. The van der Waals surface area contributed by atoms with Crippen molar-refractivity contribution in [1.29, 1.82) is 0 Å². The molecule has 1 N–H and O–H groups in total. The molecule has 1 fully saturated rings. The van der Waals surface area contributed by atoms with Crippen LogP contribution in [0.15, 0.2) is 40.6 Å². The molecule has 1 aromatic heterocycles. The van der Waals surface area contributed by atoms with E-state index in [4.69, 9.17) is 4.74 Å². The minimum absolute atomic E-state index is 0.0551. The van der Waals surface area contributed by atoms with Crippen LogP contribution in [-0.2, 0) is 15.4 Å². The van der Waals surface area contributed by atoms with Gasteiger partial charge in [-0.05, 0) is 61.4 Å². The van der Waals surface area contributed by atoms with Crippen molar-refractivity contribution >= 4 is 21.4 Å². The lowest BCUT2D eigenvalue weighted by Gasteiger charge is -2.28. The van der Waals surface area contributed by atoms with Gasteiger partial charge in [-0.25, -0.2) is 13.1 Å². The monoisotopic (exact) mass is 393 g/mol. The molecule has 1 aliphatic rings. The second-order valence-electron chi connectivity index (χ2n) is 7.07. The number of ether oxygens (including phenoxy) is 1. The van der Waals surface area contributed by atoms with Crippen molar-refractivity contribution in [3.05, 3.63) is 46.2 Å². The molecule has 142 valence electrons. The van der Waals surface area contributed by atoms with Crippen molar-refractivity contribution in [3.8, 4) is 5.75 Å². The fourth-order valence-electron chi connectivity index (χ4n) is 3.62. The number of rotatable bonds is 8. The van der Waals surface area contributed by atoms with Crippen LogP contribution in [-0.4, -0.2) is 21.6 Å². The Morgan fingerprint density at radius 1 is 1.23 bits per heavy atom. The minimum Gasteiger partial charge on any atom is -0.493 e. The Morgan fingerprint density at radius 2 is 2.00 bits per heavy atom.